The Bertz CT molecular complexity index is 738. The second-order valence-electron chi connectivity index (χ2n) is 5.13. The van der Waals surface area contributed by atoms with E-state index in [9.17, 15) is 9.59 Å². The van der Waals surface area contributed by atoms with Crippen molar-refractivity contribution in [3.05, 3.63) is 64.1 Å². The van der Waals surface area contributed by atoms with Crippen LogP contribution in [-0.4, -0.2) is 29.2 Å². The first-order chi connectivity index (χ1) is 12.5. The summed E-state index contributed by atoms with van der Waals surface area (Å²) in [4.78, 5) is 24.5. The average Bonchev–Trinajstić information content (AvgIpc) is 2.62. The molecule has 0 spiro atoms. The van der Waals surface area contributed by atoms with E-state index < -0.39 is 18.2 Å². The third kappa shape index (κ3) is 6.34. The fourth-order valence-electron chi connectivity index (χ4n) is 2.05. The van der Waals surface area contributed by atoms with Gasteiger partial charge in [0.2, 0.25) is 0 Å². The molecule has 5 nitrogen and oxygen atoms in total. The molecule has 1 N–H and O–H groups in total. The van der Waals surface area contributed by atoms with E-state index in [1.165, 1.54) is 0 Å². The molecule has 0 saturated carbocycles. The van der Waals surface area contributed by atoms with Gasteiger partial charge in [0.05, 0.1) is 22.2 Å². The summed E-state index contributed by atoms with van der Waals surface area (Å²) in [5.41, 5.74) is 1.06. The van der Waals surface area contributed by atoms with Crippen molar-refractivity contribution in [3.8, 4) is 0 Å². The SMILES string of the molecule is O=C(Cc1ccccc1)OC(Nc1c(Cl)cccc1Cl)C(=O)OCCI. The van der Waals surface area contributed by atoms with E-state index in [1.807, 2.05) is 18.2 Å². The molecule has 0 aromatic heterocycles. The minimum absolute atomic E-state index is 0.0227. The minimum atomic E-state index is -1.36. The Morgan fingerprint density at radius 3 is 2.31 bits per heavy atom. The molecule has 0 amide bonds. The molecule has 0 aliphatic carbocycles. The van der Waals surface area contributed by atoms with Crippen LogP contribution in [0, 0.1) is 0 Å². The summed E-state index contributed by atoms with van der Waals surface area (Å²) in [5, 5.41) is 3.35. The van der Waals surface area contributed by atoms with Crippen LogP contribution in [0.3, 0.4) is 0 Å². The number of hydrogen-bond donors (Lipinski definition) is 1. The van der Waals surface area contributed by atoms with Crippen molar-refractivity contribution in [3.63, 3.8) is 0 Å². The smallest absolute Gasteiger partial charge is 0.369 e. The molecule has 0 heterocycles. The lowest BCUT2D eigenvalue weighted by molar-refractivity contribution is -0.165. The zero-order chi connectivity index (χ0) is 18.9. The van der Waals surface area contributed by atoms with Crippen molar-refractivity contribution in [2.45, 2.75) is 12.6 Å². The maximum Gasteiger partial charge on any atom is 0.369 e. The lowest BCUT2D eigenvalue weighted by Gasteiger charge is -2.20. The second kappa shape index (κ2) is 10.6. The quantitative estimate of drug-likeness (QED) is 0.247. The number of carbonyl (C=O) groups is 2. The molecule has 26 heavy (non-hydrogen) atoms. The fraction of sp³-hybridized carbons (Fsp3) is 0.222. The maximum absolute atomic E-state index is 12.3. The van der Waals surface area contributed by atoms with Gasteiger partial charge in [-0.1, -0.05) is 82.2 Å². The molecule has 138 valence electrons. The topological polar surface area (TPSA) is 64.6 Å². The van der Waals surface area contributed by atoms with Crippen molar-refractivity contribution in [1.82, 2.24) is 0 Å². The Labute approximate surface area is 175 Å². The third-order valence-corrected chi connectivity index (χ3v) is 4.28. The Kier molecular flexibility index (Phi) is 8.47. The van der Waals surface area contributed by atoms with Crippen LogP contribution >= 0.6 is 45.8 Å². The maximum atomic E-state index is 12.3. The first-order valence-electron chi connectivity index (χ1n) is 7.68. The van der Waals surface area contributed by atoms with Crippen LogP contribution in [0.15, 0.2) is 48.5 Å². The number of benzene rings is 2. The number of nitrogens with one attached hydrogen (secondary N) is 1. The van der Waals surface area contributed by atoms with Gasteiger partial charge in [-0.05, 0) is 17.7 Å². The van der Waals surface area contributed by atoms with E-state index in [4.69, 9.17) is 32.7 Å². The van der Waals surface area contributed by atoms with E-state index >= 15 is 0 Å². The lowest BCUT2D eigenvalue weighted by atomic mass is 10.2. The van der Waals surface area contributed by atoms with Crippen molar-refractivity contribution in [2.75, 3.05) is 16.4 Å². The third-order valence-electron chi connectivity index (χ3n) is 3.21. The van der Waals surface area contributed by atoms with Crippen LogP contribution < -0.4 is 5.32 Å². The summed E-state index contributed by atoms with van der Waals surface area (Å²) < 4.78 is 11.0. The van der Waals surface area contributed by atoms with E-state index in [0.717, 1.165) is 5.56 Å². The number of ether oxygens (including phenoxy) is 2. The zero-order valence-corrected chi connectivity index (χ0v) is 17.3. The van der Waals surface area contributed by atoms with Gasteiger partial charge in [0.25, 0.3) is 6.23 Å². The highest BCUT2D eigenvalue weighted by Crippen LogP contribution is 2.30. The molecule has 1 unspecified atom stereocenters. The molecular weight excluding hydrogens is 492 g/mol. The first kappa shape index (κ1) is 20.8. The van der Waals surface area contributed by atoms with Gasteiger partial charge in [0.15, 0.2) is 0 Å². The molecule has 0 aliphatic heterocycles. The van der Waals surface area contributed by atoms with Gasteiger partial charge < -0.3 is 14.8 Å². The summed E-state index contributed by atoms with van der Waals surface area (Å²) in [6.07, 6.45) is -1.33. The Hall–Kier alpha value is -1.51. The summed E-state index contributed by atoms with van der Waals surface area (Å²) in [5.74, 6) is -1.30. The molecular formula is C18H16Cl2INO4. The van der Waals surface area contributed by atoms with Gasteiger partial charge in [-0.2, -0.15) is 0 Å². The average molecular weight is 508 g/mol. The minimum Gasteiger partial charge on any atom is -0.461 e. The van der Waals surface area contributed by atoms with E-state index in [-0.39, 0.29) is 13.0 Å². The van der Waals surface area contributed by atoms with Gasteiger partial charge in [-0.15, -0.1) is 0 Å². The number of para-hydroxylation sites is 1. The summed E-state index contributed by atoms with van der Waals surface area (Å²) in [6, 6.07) is 13.9. The van der Waals surface area contributed by atoms with Crippen LogP contribution in [0.25, 0.3) is 0 Å². The highest BCUT2D eigenvalue weighted by atomic mass is 127. The van der Waals surface area contributed by atoms with Crippen molar-refractivity contribution < 1.29 is 19.1 Å². The summed E-state index contributed by atoms with van der Waals surface area (Å²) in [6.45, 7) is 0.198. The van der Waals surface area contributed by atoms with Crippen LogP contribution in [0.5, 0.6) is 0 Å². The van der Waals surface area contributed by atoms with Gasteiger partial charge >= 0.3 is 11.9 Å². The fourth-order valence-corrected chi connectivity index (χ4v) is 2.78. The predicted octanol–water partition coefficient (Wildman–Crippen LogP) is 4.50. The number of hydrogen-bond acceptors (Lipinski definition) is 5. The number of carbonyl (C=O) groups excluding carboxylic acids is 2. The largest absolute Gasteiger partial charge is 0.461 e. The number of anilines is 1. The number of halogens is 3. The van der Waals surface area contributed by atoms with Crippen molar-refractivity contribution in [2.24, 2.45) is 0 Å². The number of alkyl halides is 1. The van der Waals surface area contributed by atoms with Crippen molar-refractivity contribution in [1.29, 1.82) is 0 Å². The monoisotopic (exact) mass is 507 g/mol. The van der Waals surface area contributed by atoms with Crippen LogP contribution in [0.2, 0.25) is 10.0 Å². The van der Waals surface area contributed by atoms with Gasteiger partial charge in [0, 0.05) is 4.43 Å². The lowest BCUT2D eigenvalue weighted by Crippen LogP contribution is -2.37. The van der Waals surface area contributed by atoms with Gasteiger partial charge in [-0.25, -0.2) is 4.79 Å². The Balaban J connectivity index is 2.12. The Morgan fingerprint density at radius 2 is 1.69 bits per heavy atom. The van der Waals surface area contributed by atoms with Gasteiger partial charge in [-0.3, -0.25) is 4.79 Å². The number of esters is 2. The highest BCUT2D eigenvalue weighted by Gasteiger charge is 2.26. The van der Waals surface area contributed by atoms with E-state index in [1.54, 1.807) is 30.3 Å². The summed E-state index contributed by atoms with van der Waals surface area (Å²) in [7, 11) is 0. The molecule has 0 fully saturated rings. The standard InChI is InChI=1S/C18H16Cl2INO4/c19-13-7-4-8-14(20)16(13)22-17(18(24)25-10-9-21)26-15(23)11-12-5-2-1-3-6-12/h1-8,17,22H,9-11H2. The molecule has 2 aromatic carbocycles. The Morgan fingerprint density at radius 1 is 1.04 bits per heavy atom. The normalized spacial score (nSPS) is 11.5. The molecule has 8 heteroatoms. The van der Waals surface area contributed by atoms with Crippen LogP contribution in [0.1, 0.15) is 5.56 Å². The van der Waals surface area contributed by atoms with Crippen LogP contribution in [0.4, 0.5) is 5.69 Å². The molecule has 0 saturated heterocycles. The zero-order valence-electron chi connectivity index (χ0n) is 13.6. The van der Waals surface area contributed by atoms with Gasteiger partial charge in [0.1, 0.15) is 6.61 Å². The molecule has 2 aromatic rings. The highest BCUT2D eigenvalue weighted by molar-refractivity contribution is 14.1. The molecule has 2 rings (SSSR count). The molecule has 0 radical (unpaired) electrons. The molecule has 0 aliphatic rings. The number of rotatable bonds is 8. The molecule has 1 atom stereocenters. The van der Waals surface area contributed by atoms with Crippen LogP contribution in [-0.2, 0) is 25.5 Å². The summed E-state index contributed by atoms with van der Waals surface area (Å²) >= 11 is 14.3. The molecule has 0 bridgehead atoms. The van der Waals surface area contributed by atoms with E-state index in [2.05, 4.69) is 27.9 Å². The first-order valence-corrected chi connectivity index (χ1v) is 9.96. The van der Waals surface area contributed by atoms with E-state index in [0.29, 0.717) is 20.2 Å². The predicted molar refractivity (Wildman–Crippen MR) is 110 cm³/mol. The second-order valence-corrected chi connectivity index (χ2v) is 7.02. The van der Waals surface area contributed by atoms with Crippen molar-refractivity contribution >= 4 is 63.4 Å².